The zero-order valence-corrected chi connectivity index (χ0v) is 22.0. The molecule has 0 radical (unpaired) electrons. The molecule has 1 aromatic rings. The fraction of sp³-hybridized carbons (Fsp3) is 0.615. The Labute approximate surface area is 213 Å². The van der Waals surface area contributed by atoms with E-state index in [0.717, 1.165) is 5.56 Å². The van der Waals surface area contributed by atoms with Crippen LogP contribution < -0.4 is 16.0 Å². The summed E-state index contributed by atoms with van der Waals surface area (Å²) in [6, 6.07) is 6.41. The van der Waals surface area contributed by atoms with Crippen molar-refractivity contribution < 1.29 is 34.1 Å². The number of carbonyl (C=O) groups is 4. The normalized spacial score (nSPS) is 14.6. The first kappa shape index (κ1) is 30.9. The largest absolute Gasteiger partial charge is 0.481 e. The predicted molar refractivity (Wildman–Crippen MR) is 135 cm³/mol. The fourth-order valence-corrected chi connectivity index (χ4v) is 3.62. The summed E-state index contributed by atoms with van der Waals surface area (Å²) < 4.78 is 5.22. The van der Waals surface area contributed by atoms with Crippen molar-refractivity contribution in [2.45, 2.75) is 85.2 Å². The highest BCUT2D eigenvalue weighted by Gasteiger charge is 2.33. The van der Waals surface area contributed by atoms with Gasteiger partial charge in [-0.3, -0.25) is 14.4 Å². The van der Waals surface area contributed by atoms with Crippen LogP contribution in [-0.2, 0) is 25.7 Å². The molecular weight excluding hydrogens is 466 g/mol. The number of nitrogens with one attached hydrogen (secondary N) is 3. The summed E-state index contributed by atoms with van der Waals surface area (Å²) in [5.74, 6) is -2.80. The van der Waals surface area contributed by atoms with Crippen molar-refractivity contribution in [3.05, 3.63) is 35.9 Å². The van der Waals surface area contributed by atoms with Crippen LogP contribution in [0, 0.1) is 17.8 Å². The Hall–Kier alpha value is -3.14. The molecule has 202 valence electrons. The summed E-state index contributed by atoms with van der Waals surface area (Å²) in [7, 11) is 0. The number of carboxylic acids is 1. The molecule has 4 atom stereocenters. The van der Waals surface area contributed by atoms with Crippen LogP contribution in [0.15, 0.2) is 30.3 Å². The summed E-state index contributed by atoms with van der Waals surface area (Å²) in [5, 5.41) is 27.3. The first-order valence-electron chi connectivity index (χ1n) is 12.3. The van der Waals surface area contributed by atoms with Crippen LogP contribution in [0.5, 0.6) is 0 Å². The Morgan fingerprint density at radius 1 is 0.833 bits per heavy atom. The lowest BCUT2D eigenvalue weighted by molar-refractivity contribution is -0.140. The lowest BCUT2D eigenvalue weighted by atomic mass is 9.95. The van der Waals surface area contributed by atoms with E-state index in [4.69, 9.17) is 9.84 Å². The highest BCUT2D eigenvalue weighted by atomic mass is 16.5. The Balaban J connectivity index is 2.87. The number of carboxylic acid groups (broad SMARTS) is 1. The van der Waals surface area contributed by atoms with Crippen molar-refractivity contribution in [1.82, 2.24) is 16.0 Å². The van der Waals surface area contributed by atoms with Crippen molar-refractivity contribution in [3.63, 3.8) is 0 Å². The zero-order valence-electron chi connectivity index (χ0n) is 22.0. The van der Waals surface area contributed by atoms with Gasteiger partial charge < -0.3 is 30.9 Å². The van der Waals surface area contributed by atoms with Crippen LogP contribution in [-0.4, -0.2) is 58.3 Å². The molecule has 0 saturated carbocycles. The summed E-state index contributed by atoms with van der Waals surface area (Å²) in [4.78, 5) is 49.5. The van der Waals surface area contributed by atoms with Gasteiger partial charge in [-0.1, -0.05) is 71.9 Å². The molecule has 0 bridgehead atoms. The van der Waals surface area contributed by atoms with Gasteiger partial charge in [-0.05, 0) is 29.7 Å². The lowest BCUT2D eigenvalue weighted by Crippen LogP contribution is -2.59. The van der Waals surface area contributed by atoms with Gasteiger partial charge in [0.2, 0.25) is 11.8 Å². The van der Waals surface area contributed by atoms with E-state index in [1.807, 2.05) is 44.2 Å². The Morgan fingerprint density at radius 2 is 1.36 bits per heavy atom. The van der Waals surface area contributed by atoms with Crippen LogP contribution in [0.2, 0.25) is 0 Å². The van der Waals surface area contributed by atoms with E-state index in [1.54, 1.807) is 27.7 Å². The van der Waals surface area contributed by atoms with Gasteiger partial charge in [-0.15, -0.1) is 0 Å². The van der Waals surface area contributed by atoms with E-state index in [-0.39, 0.29) is 24.4 Å². The maximum absolute atomic E-state index is 13.1. The van der Waals surface area contributed by atoms with Crippen molar-refractivity contribution in [2.24, 2.45) is 17.8 Å². The van der Waals surface area contributed by atoms with Crippen molar-refractivity contribution >= 4 is 23.9 Å². The van der Waals surface area contributed by atoms with E-state index in [1.165, 1.54) is 0 Å². The van der Waals surface area contributed by atoms with E-state index in [2.05, 4.69) is 16.0 Å². The molecule has 0 fully saturated rings. The molecule has 1 aromatic carbocycles. The number of amides is 3. The molecule has 10 heteroatoms. The van der Waals surface area contributed by atoms with Gasteiger partial charge in [0.05, 0.1) is 18.6 Å². The number of benzene rings is 1. The Morgan fingerprint density at radius 3 is 1.86 bits per heavy atom. The first-order valence-corrected chi connectivity index (χ1v) is 12.3. The maximum Gasteiger partial charge on any atom is 0.408 e. The molecule has 2 unspecified atom stereocenters. The van der Waals surface area contributed by atoms with Gasteiger partial charge in [-0.2, -0.15) is 0 Å². The number of hydrogen-bond donors (Lipinski definition) is 5. The van der Waals surface area contributed by atoms with Crippen molar-refractivity contribution in [1.29, 1.82) is 0 Å². The quantitative estimate of drug-likeness (QED) is 0.259. The molecule has 3 amide bonds. The summed E-state index contributed by atoms with van der Waals surface area (Å²) in [6.07, 6.45) is -2.18. The predicted octanol–water partition coefficient (Wildman–Crippen LogP) is 2.44. The van der Waals surface area contributed by atoms with E-state index >= 15 is 0 Å². The molecular formula is C26H41N3O7. The third-order valence-corrected chi connectivity index (χ3v) is 5.58. The smallest absolute Gasteiger partial charge is 0.408 e. The molecule has 5 N–H and O–H groups in total. The summed E-state index contributed by atoms with van der Waals surface area (Å²) >= 11 is 0. The zero-order chi connectivity index (χ0) is 27.4. The third kappa shape index (κ3) is 11.1. The second kappa shape index (κ2) is 15.1. The standard InChI is InChI=1S/C26H41N3O7/c1-15(2)12-19(20(30)13-21(31)32)27-24(33)22(16(3)4)28-25(34)23(17(5)6)29-26(35)36-14-18-10-8-7-9-11-18/h7-11,15-17,19-20,22-23,30H,12-14H2,1-6H3,(H,27,33)(H,28,34)(H,29,35)(H,31,32)/t19?,20?,22-,23+/m0/s1. The van der Waals surface area contributed by atoms with E-state index in [0.29, 0.717) is 6.42 Å². The van der Waals surface area contributed by atoms with E-state index in [9.17, 15) is 24.3 Å². The molecule has 0 aliphatic heterocycles. The monoisotopic (exact) mass is 507 g/mol. The first-order chi connectivity index (χ1) is 16.8. The molecule has 0 spiro atoms. The average Bonchev–Trinajstić information content (AvgIpc) is 2.78. The van der Waals surface area contributed by atoms with Crippen molar-refractivity contribution in [3.8, 4) is 0 Å². The lowest BCUT2D eigenvalue weighted by Gasteiger charge is -2.30. The molecule has 1 rings (SSSR count). The number of aliphatic carboxylic acids is 1. The molecule has 0 saturated heterocycles. The number of ether oxygens (including phenoxy) is 1. The number of rotatable bonds is 14. The minimum Gasteiger partial charge on any atom is -0.481 e. The van der Waals surface area contributed by atoms with Crippen LogP contribution in [0.1, 0.15) is 59.9 Å². The SMILES string of the molecule is CC(C)CC(NC(=O)[C@@H](NC(=O)[C@H](NC(=O)OCc1ccccc1)C(C)C)C(C)C)C(O)CC(=O)O. The van der Waals surface area contributed by atoms with Gasteiger partial charge in [0.15, 0.2) is 0 Å². The fourth-order valence-electron chi connectivity index (χ4n) is 3.62. The summed E-state index contributed by atoms with van der Waals surface area (Å²) in [5.41, 5.74) is 0.802. The highest BCUT2D eigenvalue weighted by molar-refractivity contribution is 5.91. The van der Waals surface area contributed by atoms with Gasteiger partial charge >= 0.3 is 12.1 Å². The minimum absolute atomic E-state index is 0.0477. The van der Waals surface area contributed by atoms with Crippen LogP contribution in [0.4, 0.5) is 4.79 Å². The number of aliphatic hydroxyl groups excluding tert-OH is 1. The van der Waals surface area contributed by atoms with Gasteiger partial charge in [0.1, 0.15) is 18.7 Å². The molecule has 10 nitrogen and oxygen atoms in total. The highest BCUT2D eigenvalue weighted by Crippen LogP contribution is 2.13. The number of hydrogen-bond acceptors (Lipinski definition) is 6. The summed E-state index contributed by atoms with van der Waals surface area (Å²) in [6.45, 7) is 10.9. The van der Waals surface area contributed by atoms with Gasteiger partial charge in [0, 0.05) is 0 Å². The third-order valence-electron chi connectivity index (χ3n) is 5.58. The number of alkyl carbamates (subject to hydrolysis) is 1. The van der Waals surface area contributed by atoms with Crippen molar-refractivity contribution in [2.75, 3.05) is 0 Å². The molecule has 36 heavy (non-hydrogen) atoms. The van der Waals surface area contributed by atoms with Crippen LogP contribution in [0.25, 0.3) is 0 Å². The topological polar surface area (TPSA) is 154 Å². The maximum atomic E-state index is 13.1. The second-order valence-electron chi connectivity index (χ2n) is 10.1. The Bertz CT molecular complexity index is 858. The van der Waals surface area contributed by atoms with Crippen LogP contribution in [0.3, 0.4) is 0 Å². The molecule has 0 aliphatic carbocycles. The Kier molecular flexibility index (Phi) is 12.9. The number of carbonyl (C=O) groups excluding carboxylic acids is 3. The average molecular weight is 508 g/mol. The number of aliphatic hydroxyl groups is 1. The van der Waals surface area contributed by atoms with Crippen LogP contribution >= 0.6 is 0 Å². The van der Waals surface area contributed by atoms with Gasteiger partial charge in [0.25, 0.3) is 0 Å². The molecule has 0 aliphatic rings. The molecule has 0 heterocycles. The second-order valence-corrected chi connectivity index (χ2v) is 10.1. The molecule has 0 aromatic heterocycles. The van der Waals surface area contributed by atoms with Gasteiger partial charge in [-0.25, -0.2) is 4.79 Å². The van der Waals surface area contributed by atoms with E-state index < -0.39 is 54.5 Å². The minimum atomic E-state index is -1.28.